The van der Waals surface area contributed by atoms with Gasteiger partial charge in [-0.1, -0.05) is 6.92 Å². The molecule has 0 aromatic carbocycles. The van der Waals surface area contributed by atoms with Crippen molar-refractivity contribution in [1.82, 2.24) is 20.1 Å². The maximum atomic E-state index is 14.3. The highest BCUT2D eigenvalue weighted by molar-refractivity contribution is 5.86. The number of nitrogens with zero attached hydrogens (tertiary/aromatic N) is 3. The lowest BCUT2D eigenvalue weighted by Gasteiger charge is -2.37. The molecular weight excluding hydrogens is 517 g/mol. The molecule has 39 heavy (non-hydrogen) atoms. The molecule has 3 aliphatic heterocycles. The van der Waals surface area contributed by atoms with Gasteiger partial charge in [-0.2, -0.15) is 13.2 Å². The smallest absolute Gasteiger partial charge is 0.417 e. The van der Waals surface area contributed by atoms with Crippen molar-refractivity contribution >= 4 is 12.0 Å². The highest BCUT2D eigenvalue weighted by atomic mass is 19.4. The van der Waals surface area contributed by atoms with E-state index < -0.39 is 23.2 Å². The Hall–Kier alpha value is -2.44. The van der Waals surface area contributed by atoms with Crippen LogP contribution >= 0.6 is 0 Å². The number of nitrogens with one attached hydrogen (secondary N) is 1. The third-order valence-electron chi connectivity index (χ3n) is 8.70. The Labute approximate surface area is 226 Å². The summed E-state index contributed by atoms with van der Waals surface area (Å²) >= 11 is 0. The Morgan fingerprint density at radius 1 is 1.31 bits per heavy atom. The number of hydrogen-bond acceptors (Lipinski definition) is 7. The lowest BCUT2D eigenvalue weighted by molar-refractivity contribution is -0.143. The lowest BCUT2D eigenvalue weighted by Crippen LogP contribution is -2.52. The number of hydrogen-bond donors (Lipinski definition) is 1. The first-order chi connectivity index (χ1) is 18.6. The molecule has 0 radical (unpaired) electrons. The minimum Gasteiger partial charge on any atom is -0.449 e. The van der Waals surface area contributed by atoms with E-state index in [1.54, 1.807) is 16.9 Å². The van der Waals surface area contributed by atoms with Gasteiger partial charge in [-0.3, -0.25) is 9.78 Å². The molecular formula is C27H37F3N4O5. The van der Waals surface area contributed by atoms with Crippen molar-refractivity contribution in [3.8, 4) is 0 Å². The largest absolute Gasteiger partial charge is 0.449 e. The molecule has 5 atom stereocenters. The highest BCUT2D eigenvalue weighted by Crippen LogP contribution is 2.51. The molecule has 0 spiro atoms. The first-order valence-corrected chi connectivity index (χ1v) is 13.8. The van der Waals surface area contributed by atoms with Gasteiger partial charge < -0.3 is 29.3 Å². The topological polar surface area (TPSA) is 93.2 Å². The van der Waals surface area contributed by atoms with Gasteiger partial charge in [0.2, 0.25) is 5.91 Å². The number of ether oxygens (including phenoxy) is 3. The molecule has 9 nitrogen and oxygen atoms in total. The Kier molecular flexibility index (Phi) is 8.08. The number of rotatable bonds is 6. The number of amides is 2. The van der Waals surface area contributed by atoms with Crippen molar-refractivity contribution in [2.75, 3.05) is 46.6 Å². The predicted octanol–water partition coefficient (Wildman–Crippen LogP) is 3.01. The molecule has 1 aromatic heterocycles. The summed E-state index contributed by atoms with van der Waals surface area (Å²) in [6.45, 7) is 4.48. The summed E-state index contributed by atoms with van der Waals surface area (Å²) in [5.41, 5.74) is -0.629. The second kappa shape index (κ2) is 11.2. The van der Waals surface area contributed by atoms with E-state index in [1.165, 1.54) is 0 Å². The first-order valence-electron chi connectivity index (χ1n) is 13.8. The molecule has 5 rings (SSSR count). The molecule has 3 fully saturated rings. The van der Waals surface area contributed by atoms with Gasteiger partial charge in [-0.15, -0.1) is 0 Å². The third-order valence-corrected chi connectivity index (χ3v) is 8.70. The number of aromatic nitrogens is 1. The molecule has 1 aliphatic carbocycles. The van der Waals surface area contributed by atoms with Gasteiger partial charge in [0.25, 0.3) is 0 Å². The fourth-order valence-electron chi connectivity index (χ4n) is 6.76. The number of alkyl halides is 3. The minimum atomic E-state index is -4.50. The number of carbonyl (C=O) groups is 2. The molecule has 1 N–H and O–H groups in total. The summed E-state index contributed by atoms with van der Waals surface area (Å²) in [5, 5.41) is 3.70. The quantitative estimate of drug-likeness (QED) is 0.578. The molecule has 1 aromatic rings. The summed E-state index contributed by atoms with van der Waals surface area (Å²) in [5.74, 6) is -0.195. The van der Waals surface area contributed by atoms with Crippen molar-refractivity contribution in [2.45, 2.75) is 69.9 Å². The zero-order valence-corrected chi connectivity index (χ0v) is 22.5. The van der Waals surface area contributed by atoms with E-state index in [2.05, 4.69) is 10.3 Å². The summed E-state index contributed by atoms with van der Waals surface area (Å²) in [4.78, 5) is 34.4. The number of fused-ring (bicyclic) bond motifs is 2. The second-order valence-corrected chi connectivity index (χ2v) is 11.2. The van der Waals surface area contributed by atoms with E-state index in [-0.39, 0.29) is 43.1 Å². The van der Waals surface area contributed by atoms with E-state index in [9.17, 15) is 22.8 Å². The fraction of sp³-hybridized carbons (Fsp3) is 0.741. The van der Waals surface area contributed by atoms with Gasteiger partial charge in [-0.05, 0) is 43.2 Å². The summed E-state index contributed by atoms with van der Waals surface area (Å²) in [6.07, 6.45) is -1.01. The number of carbonyl (C=O) groups excluding carboxylic acids is 2. The van der Waals surface area contributed by atoms with Gasteiger partial charge in [0.05, 0.1) is 30.3 Å². The second-order valence-electron chi connectivity index (χ2n) is 11.2. The molecule has 12 heteroatoms. The molecule has 4 heterocycles. The van der Waals surface area contributed by atoms with Crippen LogP contribution in [0.3, 0.4) is 0 Å². The zero-order valence-electron chi connectivity index (χ0n) is 22.5. The van der Waals surface area contributed by atoms with Crippen LogP contribution in [0.25, 0.3) is 0 Å². The van der Waals surface area contributed by atoms with E-state index in [0.717, 1.165) is 18.7 Å². The van der Waals surface area contributed by atoms with Crippen LogP contribution in [0.15, 0.2) is 12.3 Å². The van der Waals surface area contributed by atoms with Crippen LogP contribution < -0.4 is 5.32 Å². The van der Waals surface area contributed by atoms with Crippen LogP contribution in [-0.2, 0) is 38.1 Å². The molecule has 216 valence electrons. The van der Waals surface area contributed by atoms with Crippen LogP contribution in [0, 0.1) is 11.3 Å². The van der Waals surface area contributed by atoms with Gasteiger partial charge in [0, 0.05) is 70.3 Å². The maximum absolute atomic E-state index is 14.3. The SMILES string of the molecule is CCCOC(=O)N1CC2CC(NC3CCOCC3OC)CC2(C(=O)N2CCc3ncc(C(F)(F)F)cc3C2)C1. The van der Waals surface area contributed by atoms with Crippen molar-refractivity contribution in [2.24, 2.45) is 11.3 Å². The summed E-state index contributed by atoms with van der Waals surface area (Å²) < 4.78 is 56.6. The molecule has 4 aliphatic rings. The number of methoxy groups -OCH3 is 1. The first kappa shape index (κ1) is 28.1. The maximum Gasteiger partial charge on any atom is 0.417 e. The molecule has 2 amide bonds. The van der Waals surface area contributed by atoms with Crippen LogP contribution in [0.4, 0.5) is 18.0 Å². The fourth-order valence-corrected chi connectivity index (χ4v) is 6.76. The number of pyridine rings is 1. The summed E-state index contributed by atoms with van der Waals surface area (Å²) in [7, 11) is 1.66. The molecule has 1 saturated carbocycles. The van der Waals surface area contributed by atoms with E-state index in [1.807, 2.05) is 6.92 Å². The average Bonchev–Trinajstić information content (AvgIpc) is 3.45. The highest BCUT2D eigenvalue weighted by Gasteiger charge is 2.60. The van der Waals surface area contributed by atoms with Crippen LogP contribution in [0.2, 0.25) is 0 Å². The number of halogens is 3. The Bertz CT molecular complexity index is 1070. The van der Waals surface area contributed by atoms with Gasteiger partial charge in [0.1, 0.15) is 0 Å². The van der Waals surface area contributed by atoms with Gasteiger partial charge >= 0.3 is 12.3 Å². The standard InChI is InChI=1S/C27H37F3N4O5/c1-3-7-39-25(36)34-14-19-10-20(32-22-5-8-38-15-23(22)37-2)11-26(19,16-34)24(35)33-6-4-21-17(13-33)9-18(12-31-21)27(28,29)30/h9,12,19-20,22-23,32H,3-8,10-11,13-16H2,1-2H3. The monoisotopic (exact) mass is 554 g/mol. The Morgan fingerprint density at radius 3 is 2.87 bits per heavy atom. The van der Waals surface area contributed by atoms with Crippen LogP contribution in [0.1, 0.15) is 49.4 Å². The van der Waals surface area contributed by atoms with Crippen molar-refractivity contribution in [3.05, 3.63) is 29.1 Å². The van der Waals surface area contributed by atoms with E-state index in [4.69, 9.17) is 14.2 Å². The van der Waals surface area contributed by atoms with Crippen LogP contribution in [0.5, 0.6) is 0 Å². The number of likely N-dealkylation sites (tertiary alicyclic amines) is 1. The van der Waals surface area contributed by atoms with Crippen molar-refractivity contribution < 1.29 is 37.0 Å². The Balaban J connectivity index is 1.36. The van der Waals surface area contributed by atoms with Gasteiger partial charge in [-0.25, -0.2) is 4.79 Å². The van der Waals surface area contributed by atoms with Crippen molar-refractivity contribution in [3.63, 3.8) is 0 Å². The van der Waals surface area contributed by atoms with Crippen LogP contribution in [-0.4, -0.2) is 91.5 Å². The molecule has 5 unspecified atom stereocenters. The molecule has 2 saturated heterocycles. The lowest BCUT2D eigenvalue weighted by atomic mass is 9.78. The van der Waals surface area contributed by atoms with E-state index >= 15 is 0 Å². The molecule has 0 bridgehead atoms. The minimum absolute atomic E-state index is 0.0455. The normalized spacial score (nSPS) is 30.7. The van der Waals surface area contributed by atoms with E-state index in [0.29, 0.717) is 69.9 Å². The zero-order chi connectivity index (χ0) is 27.8. The van der Waals surface area contributed by atoms with Gasteiger partial charge in [0.15, 0.2) is 0 Å². The van der Waals surface area contributed by atoms with Crippen molar-refractivity contribution in [1.29, 1.82) is 0 Å². The average molecular weight is 555 g/mol. The third kappa shape index (κ3) is 5.60. The predicted molar refractivity (Wildman–Crippen MR) is 134 cm³/mol. The Morgan fingerprint density at radius 2 is 2.13 bits per heavy atom. The summed E-state index contributed by atoms with van der Waals surface area (Å²) in [6, 6.07) is 1.25.